The van der Waals surface area contributed by atoms with E-state index in [0.717, 1.165) is 22.0 Å². The van der Waals surface area contributed by atoms with Crippen molar-refractivity contribution in [2.45, 2.75) is 13.5 Å². The van der Waals surface area contributed by atoms with Crippen LogP contribution in [0.15, 0.2) is 18.3 Å². The first-order valence-electron chi connectivity index (χ1n) is 4.61. The van der Waals surface area contributed by atoms with Crippen LogP contribution in [0.1, 0.15) is 11.1 Å². The van der Waals surface area contributed by atoms with Crippen LogP contribution in [-0.2, 0) is 13.6 Å². The van der Waals surface area contributed by atoms with Gasteiger partial charge in [-0.3, -0.25) is 0 Å². The standard InChI is InChI=1S/C11H14N2O/c1-7-6-13(2)9-4-3-8(5-12)11(14)10(7)9/h3-4,6,14H,5,12H2,1-2H3. The number of phenols is 1. The van der Waals surface area contributed by atoms with Crippen LogP contribution in [0, 0.1) is 6.92 Å². The fourth-order valence-electron chi connectivity index (χ4n) is 1.90. The van der Waals surface area contributed by atoms with E-state index in [9.17, 15) is 5.11 Å². The summed E-state index contributed by atoms with van der Waals surface area (Å²) >= 11 is 0. The molecule has 0 radical (unpaired) electrons. The molecule has 0 fully saturated rings. The molecule has 0 atom stereocenters. The van der Waals surface area contributed by atoms with E-state index in [1.807, 2.05) is 36.9 Å². The minimum atomic E-state index is 0.322. The summed E-state index contributed by atoms with van der Waals surface area (Å²) in [5.41, 5.74) is 8.45. The van der Waals surface area contributed by atoms with Crippen LogP contribution >= 0.6 is 0 Å². The number of phenolic OH excluding ortho intramolecular Hbond substituents is 1. The number of aryl methyl sites for hydroxylation is 2. The summed E-state index contributed by atoms with van der Waals surface area (Å²) in [7, 11) is 1.97. The smallest absolute Gasteiger partial charge is 0.129 e. The van der Waals surface area contributed by atoms with Crippen LogP contribution in [0.5, 0.6) is 5.75 Å². The summed E-state index contributed by atoms with van der Waals surface area (Å²) in [5, 5.41) is 10.9. The van der Waals surface area contributed by atoms with E-state index in [4.69, 9.17) is 5.73 Å². The van der Waals surface area contributed by atoms with Crippen molar-refractivity contribution in [3.05, 3.63) is 29.5 Å². The highest BCUT2D eigenvalue weighted by Crippen LogP contribution is 2.31. The van der Waals surface area contributed by atoms with E-state index >= 15 is 0 Å². The first-order valence-corrected chi connectivity index (χ1v) is 4.61. The molecule has 3 nitrogen and oxygen atoms in total. The molecule has 0 aliphatic carbocycles. The van der Waals surface area contributed by atoms with Gasteiger partial charge < -0.3 is 15.4 Å². The Labute approximate surface area is 82.8 Å². The predicted octanol–water partition coefficient (Wildman–Crippen LogP) is 1.65. The number of hydrogen-bond acceptors (Lipinski definition) is 2. The van der Waals surface area contributed by atoms with Gasteiger partial charge >= 0.3 is 0 Å². The van der Waals surface area contributed by atoms with Crippen LogP contribution in [0.2, 0.25) is 0 Å². The lowest BCUT2D eigenvalue weighted by Gasteiger charge is -2.04. The van der Waals surface area contributed by atoms with Gasteiger partial charge in [0, 0.05) is 30.7 Å². The molecular weight excluding hydrogens is 176 g/mol. The Balaban J connectivity index is 2.87. The number of hydrogen-bond donors (Lipinski definition) is 2. The van der Waals surface area contributed by atoms with Gasteiger partial charge in [0.1, 0.15) is 5.75 Å². The molecular formula is C11H14N2O. The zero-order valence-corrected chi connectivity index (χ0v) is 8.41. The fourth-order valence-corrected chi connectivity index (χ4v) is 1.90. The highest BCUT2D eigenvalue weighted by atomic mass is 16.3. The third-order valence-electron chi connectivity index (χ3n) is 2.62. The number of aromatic nitrogens is 1. The fraction of sp³-hybridized carbons (Fsp3) is 0.273. The van der Waals surface area contributed by atoms with Crippen LogP contribution in [-0.4, -0.2) is 9.67 Å². The number of rotatable bonds is 1. The Morgan fingerprint density at radius 2 is 2.14 bits per heavy atom. The molecule has 2 aromatic rings. The van der Waals surface area contributed by atoms with Crippen molar-refractivity contribution in [3.63, 3.8) is 0 Å². The lowest BCUT2D eigenvalue weighted by Crippen LogP contribution is -1.96. The summed E-state index contributed by atoms with van der Waals surface area (Å²) in [6.07, 6.45) is 2.00. The number of aromatic hydroxyl groups is 1. The van der Waals surface area contributed by atoms with Gasteiger partial charge in [0.05, 0.1) is 5.52 Å². The molecule has 1 aromatic heterocycles. The van der Waals surface area contributed by atoms with Crippen LogP contribution in [0.25, 0.3) is 10.9 Å². The van der Waals surface area contributed by atoms with Gasteiger partial charge in [0.15, 0.2) is 0 Å². The zero-order valence-electron chi connectivity index (χ0n) is 8.41. The molecule has 0 aliphatic heterocycles. The molecule has 3 N–H and O–H groups in total. The van der Waals surface area contributed by atoms with Crippen LogP contribution in [0.4, 0.5) is 0 Å². The average molecular weight is 190 g/mol. The van der Waals surface area contributed by atoms with Crippen LogP contribution < -0.4 is 5.73 Å². The van der Waals surface area contributed by atoms with Gasteiger partial charge in [-0.25, -0.2) is 0 Å². The van der Waals surface area contributed by atoms with Gasteiger partial charge in [0.25, 0.3) is 0 Å². The summed E-state index contributed by atoms with van der Waals surface area (Å²) in [6.45, 7) is 2.36. The highest BCUT2D eigenvalue weighted by Gasteiger charge is 2.10. The average Bonchev–Trinajstić information content (AvgIpc) is 2.44. The van der Waals surface area contributed by atoms with Gasteiger partial charge in [0.2, 0.25) is 0 Å². The second kappa shape index (κ2) is 3.03. The summed E-state index contributed by atoms with van der Waals surface area (Å²) < 4.78 is 2.00. The molecule has 74 valence electrons. The molecule has 0 saturated heterocycles. The molecule has 1 aromatic carbocycles. The van der Waals surface area contributed by atoms with Gasteiger partial charge in [-0.2, -0.15) is 0 Å². The normalized spacial score (nSPS) is 11.1. The molecule has 0 aliphatic rings. The Hall–Kier alpha value is -1.48. The van der Waals surface area contributed by atoms with Crippen LogP contribution in [0.3, 0.4) is 0 Å². The molecule has 0 saturated carbocycles. The number of fused-ring (bicyclic) bond motifs is 1. The van der Waals surface area contributed by atoms with Crippen molar-refractivity contribution in [1.82, 2.24) is 4.57 Å². The Morgan fingerprint density at radius 3 is 2.79 bits per heavy atom. The topological polar surface area (TPSA) is 51.2 Å². The van der Waals surface area contributed by atoms with Crippen molar-refractivity contribution < 1.29 is 5.11 Å². The molecule has 3 heteroatoms. The maximum atomic E-state index is 9.95. The quantitative estimate of drug-likeness (QED) is 0.718. The minimum Gasteiger partial charge on any atom is -0.507 e. The first-order chi connectivity index (χ1) is 6.65. The van der Waals surface area contributed by atoms with E-state index in [-0.39, 0.29) is 0 Å². The van der Waals surface area contributed by atoms with Crippen molar-refractivity contribution in [2.24, 2.45) is 12.8 Å². The van der Waals surface area contributed by atoms with E-state index in [1.165, 1.54) is 0 Å². The number of nitrogens with two attached hydrogens (primary N) is 1. The van der Waals surface area contributed by atoms with E-state index in [1.54, 1.807) is 0 Å². The molecule has 2 rings (SSSR count). The zero-order chi connectivity index (χ0) is 10.3. The summed E-state index contributed by atoms with van der Waals surface area (Å²) in [6, 6.07) is 3.86. The Bertz CT molecular complexity index is 485. The second-order valence-electron chi connectivity index (χ2n) is 3.59. The Morgan fingerprint density at radius 1 is 1.43 bits per heavy atom. The SMILES string of the molecule is Cc1cn(C)c2ccc(CN)c(O)c12. The van der Waals surface area contributed by atoms with Gasteiger partial charge in [-0.1, -0.05) is 6.07 Å². The summed E-state index contributed by atoms with van der Waals surface area (Å²) in [4.78, 5) is 0. The molecule has 0 amide bonds. The molecule has 1 heterocycles. The van der Waals surface area contributed by atoms with Crippen molar-refractivity contribution in [1.29, 1.82) is 0 Å². The van der Waals surface area contributed by atoms with Gasteiger partial charge in [-0.05, 0) is 18.6 Å². The monoisotopic (exact) mass is 190 g/mol. The van der Waals surface area contributed by atoms with E-state index in [0.29, 0.717) is 12.3 Å². The lowest BCUT2D eigenvalue weighted by molar-refractivity contribution is 0.474. The Kier molecular flexibility index (Phi) is 1.97. The van der Waals surface area contributed by atoms with Crippen molar-refractivity contribution in [3.8, 4) is 5.75 Å². The third kappa shape index (κ3) is 1.09. The molecule has 14 heavy (non-hydrogen) atoms. The second-order valence-corrected chi connectivity index (χ2v) is 3.59. The van der Waals surface area contributed by atoms with Crippen molar-refractivity contribution in [2.75, 3.05) is 0 Å². The molecule has 0 unspecified atom stereocenters. The predicted molar refractivity (Wildman–Crippen MR) is 57.2 cm³/mol. The maximum absolute atomic E-state index is 9.95. The van der Waals surface area contributed by atoms with Crippen molar-refractivity contribution >= 4 is 10.9 Å². The maximum Gasteiger partial charge on any atom is 0.129 e. The molecule has 0 bridgehead atoms. The largest absolute Gasteiger partial charge is 0.507 e. The third-order valence-corrected chi connectivity index (χ3v) is 2.62. The highest BCUT2D eigenvalue weighted by molar-refractivity contribution is 5.90. The number of nitrogens with zero attached hydrogens (tertiary/aromatic N) is 1. The van der Waals surface area contributed by atoms with E-state index < -0.39 is 0 Å². The van der Waals surface area contributed by atoms with Gasteiger partial charge in [-0.15, -0.1) is 0 Å². The summed E-state index contributed by atoms with van der Waals surface area (Å²) in [5.74, 6) is 0.322. The van der Waals surface area contributed by atoms with E-state index in [2.05, 4.69) is 0 Å². The first kappa shape index (κ1) is 9.09. The number of benzene rings is 1. The minimum absolute atomic E-state index is 0.322. The lowest BCUT2D eigenvalue weighted by atomic mass is 10.1. The molecule has 0 spiro atoms.